The van der Waals surface area contributed by atoms with Crippen LogP contribution in [0.4, 0.5) is 0 Å². The normalized spacial score (nSPS) is 10.9. The molecule has 0 aliphatic rings. The summed E-state index contributed by atoms with van der Waals surface area (Å²) in [5, 5.41) is 2.83. The Balaban J connectivity index is 1.80. The highest BCUT2D eigenvalue weighted by molar-refractivity contribution is 6.33. The number of halogens is 1. The van der Waals surface area contributed by atoms with Crippen molar-refractivity contribution >= 4 is 22.4 Å². The van der Waals surface area contributed by atoms with Gasteiger partial charge in [0, 0.05) is 30.7 Å². The molecule has 0 saturated carbocycles. The Hall–Kier alpha value is -2.00. The number of rotatable bonds is 4. The number of hydrogen-bond donors (Lipinski definition) is 0. The Bertz CT molecular complexity index is 736. The second kappa shape index (κ2) is 5.55. The van der Waals surface area contributed by atoms with Crippen molar-refractivity contribution in [2.75, 3.05) is 6.61 Å². The molecule has 3 aromatic rings. The van der Waals surface area contributed by atoms with Crippen molar-refractivity contribution in [2.24, 2.45) is 7.05 Å². The fourth-order valence-electron chi connectivity index (χ4n) is 2.25. The molecule has 0 radical (unpaired) electrons. The molecule has 0 spiro atoms. The summed E-state index contributed by atoms with van der Waals surface area (Å²) in [4.78, 5) is 4.10. The van der Waals surface area contributed by atoms with Crippen LogP contribution >= 0.6 is 11.6 Å². The lowest BCUT2D eigenvalue weighted by Gasteiger charge is -2.11. The van der Waals surface area contributed by atoms with Gasteiger partial charge in [0.2, 0.25) is 0 Å². The van der Waals surface area contributed by atoms with E-state index in [1.54, 1.807) is 6.33 Å². The van der Waals surface area contributed by atoms with Gasteiger partial charge in [0.25, 0.3) is 0 Å². The number of nitrogens with zero attached hydrogens (tertiary/aromatic N) is 2. The molecule has 0 aliphatic carbocycles. The maximum Gasteiger partial charge on any atom is 0.145 e. The third-order valence-electron chi connectivity index (χ3n) is 3.35. The maximum absolute atomic E-state index is 6.25. The molecule has 0 saturated heterocycles. The van der Waals surface area contributed by atoms with Crippen LogP contribution in [0.3, 0.4) is 0 Å². The lowest BCUT2D eigenvalue weighted by Crippen LogP contribution is -2.05. The molecule has 3 rings (SSSR count). The quantitative estimate of drug-likeness (QED) is 0.728. The van der Waals surface area contributed by atoms with E-state index in [2.05, 4.69) is 11.1 Å². The highest BCUT2D eigenvalue weighted by atomic mass is 35.5. The van der Waals surface area contributed by atoms with Gasteiger partial charge in [0.15, 0.2) is 0 Å². The smallest absolute Gasteiger partial charge is 0.145 e. The number of aryl methyl sites for hydroxylation is 1. The summed E-state index contributed by atoms with van der Waals surface area (Å²) in [6.45, 7) is 0.577. The molecule has 0 unspecified atom stereocenters. The fraction of sp³-hybridized carbons (Fsp3) is 0.188. The number of hydrogen-bond acceptors (Lipinski definition) is 2. The molecule has 20 heavy (non-hydrogen) atoms. The van der Waals surface area contributed by atoms with Gasteiger partial charge in [-0.15, -0.1) is 0 Å². The summed E-state index contributed by atoms with van der Waals surface area (Å²) in [5.41, 5.74) is 1.14. The van der Waals surface area contributed by atoms with Crippen molar-refractivity contribution < 1.29 is 4.74 Å². The van der Waals surface area contributed by atoms with Crippen LogP contribution in [-0.2, 0) is 13.5 Å². The van der Waals surface area contributed by atoms with E-state index >= 15 is 0 Å². The van der Waals surface area contributed by atoms with Gasteiger partial charge in [-0.2, -0.15) is 0 Å². The fourth-order valence-corrected chi connectivity index (χ4v) is 2.47. The average molecular weight is 287 g/mol. The lowest BCUT2D eigenvalue weighted by atomic mass is 10.1. The first kappa shape index (κ1) is 13.0. The third-order valence-corrected chi connectivity index (χ3v) is 3.65. The van der Waals surface area contributed by atoms with E-state index in [1.165, 1.54) is 0 Å². The van der Waals surface area contributed by atoms with Crippen LogP contribution in [0.1, 0.15) is 5.69 Å². The predicted octanol–water partition coefficient (Wildman–Crippen LogP) is 3.85. The largest absolute Gasteiger partial charge is 0.491 e. The van der Waals surface area contributed by atoms with Gasteiger partial charge < -0.3 is 9.30 Å². The zero-order valence-corrected chi connectivity index (χ0v) is 12.0. The SMILES string of the molecule is Cn1cncc1CCOc1c(Cl)ccc2ccccc12. The van der Waals surface area contributed by atoms with Gasteiger partial charge >= 0.3 is 0 Å². The summed E-state index contributed by atoms with van der Waals surface area (Å²) in [6.07, 6.45) is 4.45. The lowest BCUT2D eigenvalue weighted by molar-refractivity contribution is 0.323. The van der Waals surface area contributed by atoms with Crippen LogP contribution in [-0.4, -0.2) is 16.2 Å². The first-order valence-corrected chi connectivity index (χ1v) is 6.89. The van der Waals surface area contributed by atoms with Crippen molar-refractivity contribution in [1.82, 2.24) is 9.55 Å². The van der Waals surface area contributed by atoms with Gasteiger partial charge in [-0.1, -0.05) is 41.9 Å². The molecule has 0 amide bonds. The molecule has 102 valence electrons. The monoisotopic (exact) mass is 286 g/mol. The molecule has 0 N–H and O–H groups in total. The van der Waals surface area contributed by atoms with Crippen molar-refractivity contribution in [1.29, 1.82) is 0 Å². The van der Waals surface area contributed by atoms with E-state index in [1.807, 2.05) is 48.1 Å². The van der Waals surface area contributed by atoms with Crippen LogP contribution in [0, 0.1) is 0 Å². The summed E-state index contributed by atoms with van der Waals surface area (Å²) in [7, 11) is 1.98. The highest BCUT2D eigenvalue weighted by Gasteiger charge is 2.07. The summed E-state index contributed by atoms with van der Waals surface area (Å²) in [6, 6.07) is 12.0. The van der Waals surface area contributed by atoms with E-state index in [0.29, 0.717) is 11.6 Å². The topological polar surface area (TPSA) is 27.1 Å². The first-order valence-electron chi connectivity index (χ1n) is 6.51. The summed E-state index contributed by atoms with van der Waals surface area (Å²) >= 11 is 6.25. The standard InChI is InChI=1S/C16H15ClN2O/c1-19-11-18-10-13(19)8-9-20-16-14-5-3-2-4-12(14)6-7-15(16)17/h2-7,10-11H,8-9H2,1H3. The summed E-state index contributed by atoms with van der Waals surface area (Å²) in [5.74, 6) is 0.756. The molecule has 4 heteroatoms. The van der Waals surface area contributed by atoms with Gasteiger partial charge in [0.05, 0.1) is 18.0 Å². The predicted molar refractivity (Wildman–Crippen MR) is 81.4 cm³/mol. The van der Waals surface area contributed by atoms with Gasteiger partial charge in [-0.3, -0.25) is 0 Å². The number of ether oxygens (including phenoxy) is 1. The van der Waals surface area contributed by atoms with Crippen LogP contribution in [0.15, 0.2) is 48.9 Å². The molecular weight excluding hydrogens is 272 g/mol. The minimum atomic E-state index is 0.577. The van der Waals surface area contributed by atoms with Crippen LogP contribution < -0.4 is 4.74 Å². The van der Waals surface area contributed by atoms with Gasteiger partial charge in [-0.25, -0.2) is 4.98 Å². The Morgan fingerprint density at radius 1 is 1.20 bits per heavy atom. The Morgan fingerprint density at radius 3 is 2.85 bits per heavy atom. The molecule has 0 aliphatic heterocycles. The van der Waals surface area contributed by atoms with Gasteiger partial charge in [0.1, 0.15) is 5.75 Å². The molecule has 0 fully saturated rings. The van der Waals surface area contributed by atoms with Crippen LogP contribution in [0.25, 0.3) is 10.8 Å². The Kier molecular flexibility index (Phi) is 3.61. The number of aromatic nitrogens is 2. The van der Waals surface area contributed by atoms with Crippen LogP contribution in [0.5, 0.6) is 5.75 Å². The number of benzene rings is 2. The van der Waals surface area contributed by atoms with Crippen molar-refractivity contribution in [2.45, 2.75) is 6.42 Å². The highest BCUT2D eigenvalue weighted by Crippen LogP contribution is 2.33. The van der Waals surface area contributed by atoms with Crippen molar-refractivity contribution in [3.63, 3.8) is 0 Å². The Labute approximate surface area is 122 Å². The minimum Gasteiger partial charge on any atom is -0.491 e. The zero-order chi connectivity index (χ0) is 13.9. The molecule has 0 bridgehead atoms. The number of imidazole rings is 1. The maximum atomic E-state index is 6.25. The first-order chi connectivity index (χ1) is 9.75. The average Bonchev–Trinajstić information content (AvgIpc) is 2.87. The summed E-state index contributed by atoms with van der Waals surface area (Å²) < 4.78 is 7.90. The molecule has 0 atom stereocenters. The molecule has 1 aromatic heterocycles. The van der Waals surface area contributed by atoms with E-state index in [4.69, 9.17) is 16.3 Å². The van der Waals surface area contributed by atoms with E-state index in [0.717, 1.165) is 28.6 Å². The van der Waals surface area contributed by atoms with E-state index in [9.17, 15) is 0 Å². The van der Waals surface area contributed by atoms with Gasteiger partial charge in [-0.05, 0) is 11.5 Å². The third kappa shape index (κ3) is 2.49. The molecule has 2 aromatic carbocycles. The van der Waals surface area contributed by atoms with Crippen molar-refractivity contribution in [3.8, 4) is 5.75 Å². The zero-order valence-electron chi connectivity index (χ0n) is 11.2. The van der Waals surface area contributed by atoms with Crippen molar-refractivity contribution in [3.05, 3.63) is 59.6 Å². The van der Waals surface area contributed by atoms with E-state index < -0.39 is 0 Å². The molecular formula is C16H15ClN2O. The minimum absolute atomic E-state index is 0.577. The molecule has 1 heterocycles. The Morgan fingerprint density at radius 2 is 2.05 bits per heavy atom. The van der Waals surface area contributed by atoms with Crippen LogP contribution in [0.2, 0.25) is 5.02 Å². The van der Waals surface area contributed by atoms with E-state index in [-0.39, 0.29) is 0 Å². The second-order valence-electron chi connectivity index (χ2n) is 4.69. The second-order valence-corrected chi connectivity index (χ2v) is 5.10. The number of fused-ring (bicyclic) bond motifs is 1. The molecule has 3 nitrogen and oxygen atoms in total.